The molecular weight excluding hydrogens is 248 g/mol. The Kier molecular flexibility index (Phi) is 6.21. The second-order valence-corrected chi connectivity index (χ2v) is 3.78. The van der Waals surface area contributed by atoms with E-state index >= 15 is 0 Å². The zero-order valence-corrected chi connectivity index (χ0v) is 11.1. The van der Waals surface area contributed by atoms with Crippen LogP contribution in [0.25, 0.3) is 0 Å². The average Bonchev–Trinajstić information content (AvgIpc) is 2.45. The van der Waals surface area contributed by atoms with E-state index in [1.54, 1.807) is 7.11 Å². The number of rotatable bonds is 6. The van der Waals surface area contributed by atoms with Gasteiger partial charge in [-0.05, 0) is 24.1 Å². The van der Waals surface area contributed by atoms with Crippen LogP contribution in [0.5, 0.6) is 5.75 Å². The number of carbonyl (C=O) groups is 2. The SMILES string of the molecule is COC(=O)CNC(=O)NCCc1ccc(OC)cc1. The summed E-state index contributed by atoms with van der Waals surface area (Å²) in [5.41, 5.74) is 1.09. The number of hydrogen-bond acceptors (Lipinski definition) is 4. The van der Waals surface area contributed by atoms with Gasteiger partial charge in [-0.3, -0.25) is 4.79 Å². The number of carbonyl (C=O) groups excluding carboxylic acids is 2. The number of ether oxygens (including phenoxy) is 2. The van der Waals surface area contributed by atoms with Crippen LogP contribution in [0.4, 0.5) is 4.79 Å². The van der Waals surface area contributed by atoms with Gasteiger partial charge in [0.15, 0.2) is 0 Å². The molecule has 1 aromatic carbocycles. The molecule has 0 radical (unpaired) electrons. The fourth-order valence-corrected chi connectivity index (χ4v) is 1.40. The zero-order valence-electron chi connectivity index (χ0n) is 11.1. The highest BCUT2D eigenvalue weighted by molar-refractivity contribution is 5.80. The van der Waals surface area contributed by atoms with Crippen molar-refractivity contribution in [2.45, 2.75) is 6.42 Å². The van der Waals surface area contributed by atoms with Crippen molar-refractivity contribution in [1.82, 2.24) is 10.6 Å². The zero-order chi connectivity index (χ0) is 14.1. The van der Waals surface area contributed by atoms with Crippen LogP contribution in [-0.2, 0) is 16.0 Å². The highest BCUT2D eigenvalue weighted by Gasteiger charge is 2.04. The monoisotopic (exact) mass is 266 g/mol. The predicted molar refractivity (Wildman–Crippen MR) is 70.1 cm³/mol. The molecule has 0 bridgehead atoms. The summed E-state index contributed by atoms with van der Waals surface area (Å²) in [7, 11) is 2.88. The van der Waals surface area contributed by atoms with E-state index in [1.807, 2.05) is 24.3 Å². The molecular formula is C13H18N2O4. The minimum atomic E-state index is -0.481. The standard InChI is InChI=1S/C13H18N2O4/c1-18-11-5-3-10(4-6-11)7-8-14-13(17)15-9-12(16)19-2/h3-6H,7-9H2,1-2H3,(H2,14,15,17). The molecule has 0 fully saturated rings. The Hall–Kier alpha value is -2.24. The Morgan fingerprint density at radius 3 is 2.37 bits per heavy atom. The van der Waals surface area contributed by atoms with Gasteiger partial charge >= 0.3 is 12.0 Å². The fraction of sp³-hybridized carbons (Fsp3) is 0.385. The number of methoxy groups -OCH3 is 2. The van der Waals surface area contributed by atoms with Gasteiger partial charge in [-0.15, -0.1) is 0 Å². The Balaban J connectivity index is 2.22. The van der Waals surface area contributed by atoms with Crippen molar-refractivity contribution in [3.05, 3.63) is 29.8 Å². The summed E-state index contributed by atoms with van der Waals surface area (Å²) in [6.45, 7) is 0.351. The molecule has 6 nitrogen and oxygen atoms in total. The quantitative estimate of drug-likeness (QED) is 0.743. The number of nitrogens with one attached hydrogen (secondary N) is 2. The van der Waals surface area contributed by atoms with Crippen LogP contribution in [0.1, 0.15) is 5.56 Å². The van der Waals surface area contributed by atoms with E-state index < -0.39 is 5.97 Å². The number of esters is 1. The lowest BCUT2D eigenvalue weighted by Crippen LogP contribution is -2.39. The summed E-state index contributed by atoms with van der Waals surface area (Å²) in [5.74, 6) is 0.317. The van der Waals surface area contributed by atoms with Gasteiger partial charge in [0.1, 0.15) is 12.3 Å². The van der Waals surface area contributed by atoms with Gasteiger partial charge < -0.3 is 20.1 Å². The molecule has 6 heteroatoms. The van der Waals surface area contributed by atoms with Gasteiger partial charge in [-0.2, -0.15) is 0 Å². The van der Waals surface area contributed by atoms with Gasteiger partial charge in [0.2, 0.25) is 0 Å². The summed E-state index contributed by atoms with van der Waals surface area (Å²) in [6.07, 6.45) is 0.704. The summed E-state index contributed by atoms with van der Waals surface area (Å²) >= 11 is 0. The van der Waals surface area contributed by atoms with Gasteiger partial charge in [0, 0.05) is 6.54 Å². The molecule has 0 aliphatic rings. The lowest BCUT2D eigenvalue weighted by atomic mass is 10.1. The second kappa shape index (κ2) is 7.97. The van der Waals surface area contributed by atoms with E-state index in [9.17, 15) is 9.59 Å². The smallest absolute Gasteiger partial charge is 0.325 e. The van der Waals surface area contributed by atoms with E-state index in [1.165, 1.54) is 7.11 Å². The van der Waals surface area contributed by atoms with Crippen LogP contribution in [0.2, 0.25) is 0 Å². The number of amides is 2. The topological polar surface area (TPSA) is 76.7 Å². The molecule has 2 N–H and O–H groups in total. The first-order valence-electron chi connectivity index (χ1n) is 5.87. The first kappa shape index (κ1) is 14.8. The molecule has 0 heterocycles. The molecule has 1 rings (SSSR count). The van der Waals surface area contributed by atoms with Crippen molar-refractivity contribution in [3.8, 4) is 5.75 Å². The van der Waals surface area contributed by atoms with Crippen molar-refractivity contribution >= 4 is 12.0 Å². The molecule has 0 atom stereocenters. The largest absolute Gasteiger partial charge is 0.497 e. The van der Waals surface area contributed by atoms with E-state index in [2.05, 4.69) is 15.4 Å². The lowest BCUT2D eigenvalue weighted by Gasteiger charge is -2.07. The van der Waals surface area contributed by atoms with Crippen LogP contribution >= 0.6 is 0 Å². The van der Waals surface area contributed by atoms with Crippen LogP contribution in [-0.4, -0.2) is 39.3 Å². The van der Waals surface area contributed by atoms with Crippen molar-refractivity contribution < 1.29 is 19.1 Å². The molecule has 0 aromatic heterocycles. The van der Waals surface area contributed by atoms with Crippen LogP contribution in [0.15, 0.2) is 24.3 Å². The normalized spacial score (nSPS) is 9.58. The third-order valence-corrected chi connectivity index (χ3v) is 2.48. The lowest BCUT2D eigenvalue weighted by molar-refractivity contribution is -0.139. The minimum absolute atomic E-state index is 0.134. The summed E-state index contributed by atoms with van der Waals surface area (Å²) in [4.78, 5) is 22.1. The molecule has 19 heavy (non-hydrogen) atoms. The molecule has 0 saturated heterocycles. The molecule has 104 valence electrons. The third-order valence-electron chi connectivity index (χ3n) is 2.48. The number of urea groups is 1. The molecule has 2 amide bonds. The molecule has 0 saturated carbocycles. The first-order chi connectivity index (χ1) is 9.15. The number of hydrogen-bond donors (Lipinski definition) is 2. The Labute approximate surface area is 112 Å². The van der Waals surface area contributed by atoms with Gasteiger partial charge in [0.25, 0.3) is 0 Å². The Bertz CT molecular complexity index is 417. The molecule has 1 aromatic rings. The molecule has 0 unspecified atom stereocenters. The van der Waals surface area contributed by atoms with E-state index in [0.29, 0.717) is 13.0 Å². The van der Waals surface area contributed by atoms with E-state index in [-0.39, 0.29) is 12.6 Å². The van der Waals surface area contributed by atoms with Crippen molar-refractivity contribution in [2.24, 2.45) is 0 Å². The summed E-state index contributed by atoms with van der Waals surface area (Å²) in [6, 6.07) is 7.22. The maximum Gasteiger partial charge on any atom is 0.325 e. The summed E-state index contributed by atoms with van der Waals surface area (Å²) < 4.78 is 9.46. The average molecular weight is 266 g/mol. The van der Waals surface area contributed by atoms with Crippen molar-refractivity contribution in [1.29, 1.82) is 0 Å². The molecule has 0 aliphatic carbocycles. The maximum absolute atomic E-state index is 11.3. The number of benzene rings is 1. The van der Waals surface area contributed by atoms with E-state index in [0.717, 1.165) is 11.3 Å². The highest BCUT2D eigenvalue weighted by Crippen LogP contribution is 2.11. The van der Waals surface area contributed by atoms with E-state index in [4.69, 9.17) is 4.74 Å². The van der Waals surface area contributed by atoms with Crippen LogP contribution < -0.4 is 15.4 Å². The second-order valence-electron chi connectivity index (χ2n) is 3.78. The third kappa shape index (κ3) is 5.76. The summed E-state index contributed by atoms with van der Waals surface area (Å²) in [5, 5.41) is 5.04. The Morgan fingerprint density at radius 1 is 1.11 bits per heavy atom. The first-order valence-corrected chi connectivity index (χ1v) is 5.87. The van der Waals surface area contributed by atoms with Crippen LogP contribution in [0.3, 0.4) is 0 Å². The van der Waals surface area contributed by atoms with Crippen LogP contribution in [0, 0.1) is 0 Å². The highest BCUT2D eigenvalue weighted by atomic mass is 16.5. The van der Waals surface area contributed by atoms with Gasteiger partial charge in [0.05, 0.1) is 14.2 Å². The van der Waals surface area contributed by atoms with Crippen molar-refractivity contribution in [3.63, 3.8) is 0 Å². The predicted octanol–water partition coefficient (Wildman–Crippen LogP) is 0.710. The maximum atomic E-state index is 11.3. The van der Waals surface area contributed by atoms with Gasteiger partial charge in [-0.25, -0.2) is 4.79 Å². The minimum Gasteiger partial charge on any atom is -0.497 e. The van der Waals surface area contributed by atoms with Gasteiger partial charge in [-0.1, -0.05) is 12.1 Å². The molecule has 0 aliphatic heterocycles. The molecule has 0 spiro atoms. The van der Waals surface area contributed by atoms with Crippen molar-refractivity contribution in [2.75, 3.05) is 27.3 Å². The fourth-order valence-electron chi connectivity index (χ4n) is 1.40. The Morgan fingerprint density at radius 2 is 1.79 bits per heavy atom.